The molecule has 0 fully saturated rings. The van der Waals surface area contributed by atoms with E-state index in [1.54, 1.807) is 0 Å². The van der Waals surface area contributed by atoms with Crippen LogP contribution in [0.15, 0.2) is 12.1 Å². The summed E-state index contributed by atoms with van der Waals surface area (Å²) in [7, 11) is 0. The van der Waals surface area contributed by atoms with Crippen LogP contribution >= 0.6 is 0 Å². The van der Waals surface area contributed by atoms with Gasteiger partial charge in [-0.1, -0.05) is 5.92 Å². The molecule has 1 rings (SSSR count). The highest BCUT2D eigenvalue weighted by Crippen LogP contribution is 2.17. The van der Waals surface area contributed by atoms with Gasteiger partial charge in [0.05, 0.1) is 12.2 Å². The molecule has 1 aromatic rings. The quantitative estimate of drug-likeness (QED) is 0.717. The van der Waals surface area contributed by atoms with Crippen molar-refractivity contribution in [2.24, 2.45) is 0 Å². The van der Waals surface area contributed by atoms with Gasteiger partial charge in [-0.3, -0.25) is 0 Å². The van der Waals surface area contributed by atoms with Gasteiger partial charge >= 0.3 is 0 Å². The average molecular weight is 197 g/mol. The summed E-state index contributed by atoms with van der Waals surface area (Å²) in [5, 5.41) is 11.1. The van der Waals surface area contributed by atoms with E-state index in [1.807, 2.05) is 5.92 Å². The van der Waals surface area contributed by atoms with Crippen LogP contribution in [0, 0.1) is 24.0 Å². The van der Waals surface area contributed by atoms with Crippen molar-refractivity contribution in [1.82, 2.24) is 0 Å². The van der Waals surface area contributed by atoms with Gasteiger partial charge in [0, 0.05) is 12.2 Å². The Morgan fingerprint density at radius 2 is 1.93 bits per heavy atom. The first-order valence-electron chi connectivity index (χ1n) is 3.99. The molecule has 0 saturated heterocycles. The minimum absolute atomic E-state index is 0.111. The SMILES string of the molecule is C#Cc1c(F)cc(NCCO)cc1F. The Labute approximate surface area is 80.6 Å². The molecule has 0 aliphatic rings. The molecule has 74 valence electrons. The van der Waals surface area contributed by atoms with Crippen molar-refractivity contribution >= 4 is 5.69 Å². The van der Waals surface area contributed by atoms with Gasteiger partial charge in [-0.05, 0) is 12.1 Å². The number of aliphatic hydroxyl groups excluding tert-OH is 1. The Morgan fingerprint density at radius 1 is 1.36 bits per heavy atom. The standard InChI is InChI=1S/C10H9F2NO/c1-2-8-9(11)5-7(6-10(8)12)13-3-4-14/h1,5-6,13-14H,3-4H2. The molecule has 0 amide bonds. The Balaban J connectivity index is 2.97. The summed E-state index contributed by atoms with van der Waals surface area (Å²) in [4.78, 5) is 0. The smallest absolute Gasteiger partial charge is 0.143 e. The fourth-order valence-corrected chi connectivity index (χ4v) is 1.01. The summed E-state index contributed by atoms with van der Waals surface area (Å²) in [6.07, 6.45) is 4.91. The van der Waals surface area contributed by atoms with Crippen molar-refractivity contribution in [3.05, 3.63) is 29.3 Å². The Morgan fingerprint density at radius 3 is 2.36 bits per heavy atom. The third-order valence-electron chi connectivity index (χ3n) is 1.63. The number of anilines is 1. The van der Waals surface area contributed by atoms with Crippen LogP contribution in [0.25, 0.3) is 0 Å². The van der Waals surface area contributed by atoms with Gasteiger partial charge in [0.25, 0.3) is 0 Å². The van der Waals surface area contributed by atoms with Gasteiger partial charge in [-0.15, -0.1) is 6.42 Å². The molecule has 0 bridgehead atoms. The highest BCUT2D eigenvalue weighted by molar-refractivity contribution is 5.49. The van der Waals surface area contributed by atoms with Crippen molar-refractivity contribution in [1.29, 1.82) is 0 Å². The molecule has 0 heterocycles. The maximum absolute atomic E-state index is 13.1. The summed E-state index contributed by atoms with van der Waals surface area (Å²) in [5.74, 6) is 0.351. The van der Waals surface area contributed by atoms with E-state index in [0.717, 1.165) is 12.1 Å². The first-order valence-corrected chi connectivity index (χ1v) is 3.99. The Bertz CT molecular complexity index is 348. The molecular weight excluding hydrogens is 188 g/mol. The third-order valence-corrected chi connectivity index (χ3v) is 1.63. The van der Waals surface area contributed by atoms with Gasteiger partial charge in [-0.2, -0.15) is 0 Å². The van der Waals surface area contributed by atoms with E-state index >= 15 is 0 Å². The minimum Gasteiger partial charge on any atom is -0.395 e. The van der Waals surface area contributed by atoms with E-state index in [1.165, 1.54) is 0 Å². The number of benzene rings is 1. The molecular formula is C10H9F2NO. The molecule has 0 aromatic heterocycles. The monoisotopic (exact) mass is 197 g/mol. The predicted octanol–water partition coefficient (Wildman–Crippen LogP) is 1.35. The van der Waals surface area contributed by atoms with E-state index in [0.29, 0.717) is 0 Å². The van der Waals surface area contributed by atoms with E-state index in [4.69, 9.17) is 11.5 Å². The summed E-state index contributed by atoms with van der Waals surface area (Å²) in [6.45, 7) is 0.119. The first kappa shape index (κ1) is 10.5. The van der Waals surface area contributed by atoms with Gasteiger partial charge in [0.1, 0.15) is 11.6 Å². The second-order valence-electron chi connectivity index (χ2n) is 2.61. The lowest BCUT2D eigenvalue weighted by Crippen LogP contribution is -2.06. The molecule has 4 heteroatoms. The summed E-state index contributed by atoms with van der Waals surface area (Å²) in [5.41, 5.74) is -0.118. The van der Waals surface area contributed by atoms with Crippen molar-refractivity contribution < 1.29 is 13.9 Å². The van der Waals surface area contributed by atoms with Crippen LogP contribution in [0.4, 0.5) is 14.5 Å². The molecule has 0 aliphatic carbocycles. The number of halogens is 2. The number of aliphatic hydroxyl groups is 1. The van der Waals surface area contributed by atoms with Crippen LogP contribution in [0.3, 0.4) is 0 Å². The first-order chi connectivity index (χ1) is 6.69. The van der Waals surface area contributed by atoms with Gasteiger partial charge < -0.3 is 10.4 Å². The molecule has 0 aliphatic heterocycles. The highest BCUT2D eigenvalue weighted by atomic mass is 19.1. The zero-order valence-corrected chi connectivity index (χ0v) is 7.35. The number of terminal acetylenes is 1. The van der Waals surface area contributed by atoms with Gasteiger partial charge in [-0.25, -0.2) is 8.78 Å². The number of nitrogens with one attached hydrogen (secondary N) is 1. The van der Waals surface area contributed by atoms with Gasteiger partial charge in [0.15, 0.2) is 0 Å². The van der Waals surface area contributed by atoms with Crippen molar-refractivity contribution in [3.63, 3.8) is 0 Å². The lowest BCUT2D eigenvalue weighted by Gasteiger charge is -2.05. The molecule has 2 N–H and O–H groups in total. The summed E-state index contributed by atoms with van der Waals surface area (Å²) < 4.78 is 26.1. The van der Waals surface area contributed by atoms with E-state index < -0.39 is 11.6 Å². The molecule has 2 nitrogen and oxygen atoms in total. The number of hydrogen-bond acceptors (Lipinski definition) is 2. The molecule has 14 heavy (non-hydrogen) atoms. The maximum atomic E-state index is 13.1. The zero-order valence-electron chi connectivity index (χ0n) is 7.35. The summed E-state index contributed by atoms with van der Waals surface area (Å²) in [6, 6.07) is 2.18. The molecule has 0 atom stereocenters. The summed E-state index contributed by atoms with van der Waals surface area (Å²) >= 11 is 0. The third kappa shape index (κ3) is 2.21. The van der Waals surface area contributed by atoms with Crippen molar-refractivity contribution in [2.75, 3.05) is 18.5 Å². The molecule has 0 unspecified atom stereocenters. The van der Waals surface area contributed by atoms with Crippen LogP contribution in [-0.2, 0) is 0 Å². The Hall–Kier alpha value is -1.60. The van der Waals surface area contributed by atoms with Crippen LogP contribution in [0.5, 0.6) is 0 Å². The fraction of sp³-hybridized carbons (Fsp3) is 0.200. The maximum Gasteiger partial charge on any atom is 0.143 e. The second-order valence-corrected chi connectivity index (χ2v) is 2.61. The molecule has 1 aromatic carbocycles. The largest absolute Gasteiger partial charge is 0.395 e. The van der Waals surface area contributed by atoms with Gasteiger partial charge in [0.2, 0.25) is 0 Å². The van der Waals surface area contributed by atoms with E-state index in [9.17, 15) is 8.78 Å². The lowest BCUT2D eigenvalue weighted by molar-refractivity contribution is 0.311. The lowest BCUT2D eigenvalue weighted by atomic mass is 10.2. The number of hydrogen-bond donors (Lipinski definition) is 2. The fourth-order valence-electron chi connectivity index (χ4n) is 1.01. The highest BCUT2D eigenvalue weighted by Gasteiger charge is 2.08. The molecule has 0 radical (unpaired) electrons. The minimum atomic E-state index is -0.784. The van der Waals surface area contributed by atoms with E-state index in [2.05, 4.69) is 5.32 Å². The second kappa shape index (κ2) is 4.58. The van der Waals surface area contributed by atoms with Crippen LogP contribution in [-0.4, -0.2) is 18.3 Å². The predicted molar refractivity (Wildman–Crippen MR) is 49.9 cm³/mol. The average Bonchev–Trinajstić information content (AvgIpc) is 2.14. The number of rotatable bonds is 3. The van der Waals surface area contributed by atoms with Crippen molar-refractivity contribution in [2.45, 2.75) is 0 Å². The molecule has 0 saturated carbocycles. The van der Waals surface area contributed by atoms with Crippen LogP contribution < -0.4 is 5.32 Å². The van der Waals surface area contributed by atoms with E-state index in [-0.39, 0.29) is 24.4 Å². The zero-order chi connectivity index (χ0) is 10.6. The topological polar surface area (TPSA) is 32.3 Å². The van der Waals surface area contributed by atoms with Crippen LogP contribution in [0.1, 0.15) is 5.56 Å². The Kier molecular flexibility index (Phi) is 3.43. The normalized spacial score (nSPS) is 9.57. The van der Waals surface area contributed by atoms with Crippen molar-refractivity contribution in [3.8, 4) is 12.3 Å². The molecule has 0 spiro atoms. The van der Waals surface area contributed by atoms with Crippen LogP contribution in [0.2, 0.25) is 0 Å².